The molecule has 6 heteroatoms. The number of nitrogens with two attached hydrogens (primary N) is 1. The molecule has 160 valence electrons. The number of aromatic nitrogens is 1. The predicted molar refractivity (Wildman–Crippen MR) is 121 cm³/mol. The molecule has 0 spiro atoms. The molecule has 3 rings (SSSR count). The van der Waals surface area contributed by atoms with E-state index in [0.717, 1.165) is 39.3 Å². The zero-order valence-electron chi connectivity index (χ0n) is 17.8. The van der Waals surface area contributed by atoms with Gasteiger partial charge in [0.1, 0.15) is 12.4 Å². The molecule has 0 amide bonds. The van der Waals surface area contributed by atoms with Gasteiger partial charge in [0.25, 0.3) is 0 Å². The van der Waals surface area contributed by atoms with Gasteiger partial charge in [-0.05, 0) is 59.4 Å². The van der Waals surface area contributed by atoms with Crippen molar-refractivity contribution in [2.45, 2.75) is 39.3 Å². The highest BCUT2D eigenvalue weighted by molar-refractivity contribution is 5.86. The Kier molecular flexibility index (Phi) is 7.38. The summed E-state index contributed by atoms with van der Waals surface area (Å²) in [6.07, 6.45) is 5.30. The number of carboxylic acid groups (broad SMARTS) is 1. The fraction of sp³-hybridized carbons (Fsp3) is 0.240. The van der Waals surface area contributed by atoms with Crippen LogP contribution in [0.15, 0.2) is 60.9 Å². The van der Waals surface area contributed by atoms with Crippen molar-refractivity contribution in [3.8, 4) is 5.75 Å². The van der Waals surface area contributed by atoms with Crippen LogP contribution in [0.5, 0.6) is 5.75 Å². The molecule has 0 aliphatic heterocycles. The quantitative estimate of drug-likeness (QED) is 0.439. The summed E-state index contributed by atoms with van der Waals surface area (Å²) in [6.45, 7) is 5.02. The summed E-state index contributed by atoms with van der Waals surface area (Å²) in [7, 11) is 0. The second-order valence-corrected chi connectivity index (χ2v) is 7.55. The lowest BCUT2D eigenvalue weighted by atomic mass is 9.98. The van der Waals surface area contributed by atoms with Crippen LogP contribution in [-0.2, 0) is 17.9 Å². The van der Waals surface area contributed by atoms with Crippen LogP contribution in [0.25, 0.3) is 0 Å². The summed E-state index contributed by atoms with van der Waals surface area (Å²) in [4.78, 5) is 15.1. The van der Waals surface area contributed by atoms with E-state index in [9.17, 15) is 4.79 Å². The Morgan fingerprint density at radius 2 is 2.00 bits per heavy atom. The highest BCUT2D eigenvalue weighted by Crippen LogP contribution is 2.26. The second kappa shape index (κ2) is 10.4. The Hall–Kier alpha value is -3.67. The SMILES string of the molecule is Cc1c(COc2ccc(C(C)CC(=O)O)cc2)ccc(C=[NH2+])c1NCc1cccnc1. The summed E-state index contributed by atoms with van der Waals surface area (Å²) in [5.74, 6) is -0.0956. The summed E-state index contributed by atoms with van der Waals surface area (Å²) >= 11 is 0. The number of benzene rings is 2. The molecule has 0 bridgehead atoms. The molecule has 31 heavy (non-hydrogen) atoms. The first-order valence-corrected chi connectivity index (χ1v) is 10.2. The molecule has 2 aromatic carbocycles. The van der Waals surface area contributed by atoms with Crippen LogP contribution in [0.4, 0.5) is 5.69 Å². The average Bonchev–Trinajstić information content (AvgIpc) is 2.78. The number of hydrogen-bond donors (Lipinski definition) is 3. The summed E-state index contributed by atoms with van der Waals surface area (Å²) < 4.78 is 5.98. The van der Waals surface area contributed by atoms with E-state index in [4.69, 9.17) is 15.3 Å². The van der Waals surface area contributed by atoms with Crippen LogP contribution >= 0.6 is 0 Å². The number of pyridine rings is 1. The molecule has 1 aromatic heterocycles. The number of aliphatic carboxylic acids is 1. The molecule has 1 heterocycles. The van der Waals surface area contributed by atoms with Crippen molar-refractivity contribution in [2.24, 2.45) is 0 Å². The Bertz CT molecular complexity index is 1030. The first-order valence-electron chi connectivity index (χ1n) is 10.2. The number of hydrogen-bond acceptors (Lipinski definition) is 4. The summed E-state index contributed by atoms with van der Waals surface area (Å²) in [5.41, 5.74) is 6.11. The minimum atomic E-state index is -0.797. The van der Waals surface area contributed by atoms with Crippen molar-refractivity contribution in [3.63, 3.8) is 0 Å². The molecule has 0 saturated heterocycles. The van der Waals surface area contributed by atoms with Gasteiger partial charge in [0.2, 0.25) is 0 Å². The van der Waals surface area contributed by atoms with E-state index >= 15 is 0 Å². The third kappa shape index (κ3) is 5.92. The van der Waals surface area contributed by atoms with Gasteiger partial charge < -0.3 is 15.2 Å². The van der Waals surface area contributed by atoms with E-state index in [0.29, 0.717) is 13.2 Å². The van der Waals surface area contributed by atoms with Crippen molar-refractivity contribution < 1.29 is 20.0 Å². The van der Waals surface area contributed by atoms with Crippen molar-refractivity contribution in [2.75, 3.05) is 5.32 Å². The molecular weight excluding hydrogens is 390 g/mol. The average molecular weight is 419 g/mol. The zero-order valence-corrected chi connectivity index (χ0v) is 17.8. The zero-order chi connectivity index (χ0) is 22.2. The van der Waals surface area contributed by atoms with Crippen LogP contribution in [0.2, 0.25) is 0 Å². The standard InChI is InChI=1S/C25H27N3O3/c1-17(12-24(29)30)20-7-9-23(10-8-20)31-16-22-6-5-21(13-26)25(18(22)2)28-15-19-4-3-11-27-14-19/h3-11,13-14,17,26,28H,12,15-16H2,1-2H3,(H,29,30)/p+1. The number of carbonyl (C=O) groups is 1. The van der Waals surface area contributed by atoms with Crippen molar-refractivity contribution in [1.29, 1.82) is 0 Å². The van der Waals surface area contributed by atoms with Gasteiger partial charge >= 0.3 is 5.97 Å². The van der Waals surface area contributed by atoms with E-state index in [1.807, 2.05) is 68.6 Å². The van der Waals surface area contributed by atoms with E-state index < -0.39 is 5.97 Å². The molecule has 0 saturated carbocycles. The van der Waals surface area contributed by atoms with Crippen LogP contribution < -0.4 is 15.5 Å². The fourth-order valence-electron chi connectivity index (χ4n) is 3.43. The van der Waals surface area contributed by atoms with Crippen molar-refractivity contribution >= 4 is 17.9 Å². The first kappa shape index (κ1) is 22.0. The third-order valence-corrected chi connectivity index (χ3v) is 5.31. The molecule has 0 radical (unpaired) electrons. The van der Waals surface area contributed by atoms with E-state index in [1.165, 1.54) is 0 Å². The molecule has 0 fully saturated rings. The largest absolute Gasteiger partial charge is 0.489 e. The van der Waals surface area contributed by atoms with Crippen molar-refractivity contribution in [1.82, 2.24) is 4.98 Å². The maximum atomic E-state index is 10.9. The molecule has 1 atom stereocenters. The Labute approximate surface area is 182 Å². The highest BCUT2D eigenvalue weighted by atomic mass is 16.5. The van der Waals surface area contributed by atoms with Crippen LogP contribution in [0.3, 0.4) is 0 Å². The van der Waals surface area contributed by atoms with E-state index in [2.05, 4.69) is 10.3 Å². The van der Waals surface area contributed by atoms with Crippen LogP contribution in [0, 0.1) is 6.92 Å². The molecule has 3 aromatic rings. The highest BCUT2D eigenvalue weighted by Gasteiger charge is 2.12. The third-order valence-electron chi connectivity index (χ3n) is 5.31. The Morgan fingerprint density at radius 1 is 1.23 bits per heavy atom. The number of nitrogens with zero attached hydrogens (tertiary/aromatic N) is 1. The van der Waals surface area contributed by atoms with Gasteiger partial charge in [0.15, 0.2) is 6.21 Å². The summed E-state index contributed by atoms with van der Waals surface area (Å²) in [5, 5.41) is 18.3. The molecule has 6 nitrogen and oxygen atoms in total. The van der Waals surface area contributed by atoms with Gasteiger partial charge in [-0.3, -0.25) is 15.2 Å². The van der Waals surface area contributed by atoms with E-state index in [1.54, 1.807) is 12.4 Å². The molecule has 0 aliphatic carbocycles. The maximum absolute atomic E-state index is 10.9. The lowest BCUT2D eigenvalue weighted by Gasteiger charge is -2.16. The molecular formula is C25H28N3O3+. The van der Waals surface area contributed by atoms with Crippen LogP contribution in [0.1, 0.15) is 47.1 Å². The molecule has 0 aliphatic rings. The number of rotatable bonds is 10. The van der Waals surface area contributed by atoms with Crippen LogP contribution in [-0.4, -0.2) is 22.3 Å². The number of ether oxygens (including phenoxy) is 1. The monoisotopic (exact) mass is 418 g/mol. The predicted octanol–water partition coefficient (Wildman–Crippen LogP) is 3.34. The van der Waals surface area contributed by atoms with Gasteiger partial charge in [-0.25, -0.2) is 0 Å². The lowest BCUT2D eigenvalue weighted by molar-refractivity contribution is -0.137. The number of anilines is 1. The maximum Gasteiger partial charge on any atom is 0.303 e. The molecule has 4 N–H and O–H groups in total. The normalized spacial score (nSPS) is 11.5. The topological polar surface area (TPSA) is 97.0 Å². The van der Waals surface area contributed by atoms with E-state index in [-0.39, 0.29) is 12.3 Å². The van der Waals surface area contributed by atoms with Gasteiger partial charge in [0, 0.05) is 18.9 Å². The van der Waals surface area contributed by atoms with Gasteiger partial charge in [-0.1, -0.05) is 31.2 Å². The van der Waals surface area contributed by atoms with Crippen molar-refractivity contribution in [3.05, 3.63) is 88.7 Å². The number of nitrogens with one attached hydrogen (secondary N) is 1. The number of carboxylic acids is 1. The Morgan fingerprint density at radius 3 is 2.65 bits per heavy atom. The summed E-state index contributed by atoms with van der Waals surface area (Å²) in [6, 6.07) is 15.5. The minimum Gasteiger partial charge on any atom is -0.489 e. The van der Waals surface area contributed by atoms with Gasteiger partial charge in [-0.15, -0.1) is 0 Å². The first-order chi connectivity index (χ1) is 15.0. The second-order valence-electron chi connectivity index (χ2n) is 7.55. The molecule has 1 unspecified atom stereocenters. The fourth-order valence-corrected chi connectivity index (χ4v) is 3.43. The Balaban J connectivity index is 1.69. The van der Waals surface area contributed by atoms with Gasteiger partial charge in [-0.2, -0.15) is 0 Å². The lowest BCUT2D eigenvalue weighted by Crippen LogP contribution is -2.30. The van der Waals surface area contributed by atoms with Gasteiger partial charge in [0.05, 0.1) is 17.7 Å². The smallest absolute Gasteiger partial charge is 0.303 e. The minimum absolute atomic E-state index is 0.0395.